The van der Waals surface area contributed by atoms with Crippen molar-refractivity contribution in [3.8, 4) is 0 Å². The van der Waals surface area contributed by atoms with Gasteiger partial charge < -0.3 is 14.6 Å². The van der Waals surface area contributed by atoms with Crippen molar-refractivity contribution in [1.82, 2.24) is 14.9 Å². The third-order valence-electron chi connectivity index (χ3n) is 2.60. The molecular formula is C11H18BN3O2. The van der Waals surface area contributed by atoms with Gasteiger partial charge in [-0.05, 0) is 20.8 Å². The van der Waals surface area contributed by atoms with Gasteiger partial charge in [0, 0.05) is 13.0 Å². The number of imidazole rings is 1. The summed E-state index contributed by atoms with van der Waals surface area (Å²) in [5.41, 5.74) is 2.56. The first-order chi connectivity index (χ1) is 7.85. The summed E-state index contributed by atoms with van der Waals surface area (Å²) < 4.78 is 5.35. The summed E-state index contributed by atoms with van der Waals surface area (Å²) in [6.07, 6.45) is 0.536. The monoisotopic (exact) mass is 235 g/mol. The molecule has 0 atom stereocenters. The molecule has 0 bridgehead atoms. The maximum atomic E-state index is 11.9. The highest BCUT2D eigenvalue weighted by molar-refractivity contribution is 6.29. The summed E-state index contributed by atoms with van der Waals surface area (Å²) in [7, 11) is 1.93. The number of ether oxygens (including phenoxy) is 1. The van der Waals surface area contributed by atoms with Crippen LogP contribution in [0.5, 0.6) is 0 Å². The van der Waals surface area contributed by atoms with E-state index < -0.39 is 5.60 Å². The zero-order valence-electron chi connectivity index (χ0n) is 10.8. The number of nitrogens with one attached hydrogen (secondary N) is 1. The number of rotatable bonds is 0. The Balaban J connectivity index is 2.05. The van der Waals surface area contributed by atoms with Crippen LogP contribution in [0.3, 0.4) is 0 Å². The zero-order chi connectivity index (χ0) is 12.6. The Hall–Kier alpha value is -1.46. The van der Waals surface area contributed by atoms with Crippen LogP contribution in [0.1, 0.15) is 32.2 Å². The highest BCUT2D eigenvalue weighted by atomic mass is 16.6. The van der Waals surface area contributed by atoms with Crippen molar-refractivity contribution in [2.75, 3.05) is 6.54 Å². The van der Waals surface area contributed by atoms with Gasteiger partial charge in [0.15, 0.2) is 7.85 Å². The summed E-state index contributed by atoms with van der Waals surface area (Å²) in [5.74, 6) is 0. The molecule has 0 spiro atoms. The van der Waals surface area contributed by atoms with Crippen LogP contribution < -0.4 is 5.72 Å². The summed E-state index contributed by atoms with van der Waals surface area (Å²) in [6.45, 7) is 6.86. The fourth-order valence-electron chi connectivity index (χ4n) is 1.92. The molecule has 6 heteroatoms. The Labute approximate surface area is 102 Å². The predicted octanol–water partition coefficient (Wildman–Crippen LogP) is -0.0387. The molecule has 0 fully saturated rings. The normalized spacial score (nSPS) is 15.6. The van der Waals surface area contributed by atoms with Crippen LogP contribution in [0.4, 0.5) is 4.79 Å². The quantitative estimate of drug-likeness (QED) is 0.642. The fourth-order valence-corrected chi connectivity index (χ4v) is 1.92. The van der Waals surface area contributed by atoms with Gasteiger partial charge in [0.1, 0.15) is 5.60 Å². The lowest BCUT2D eigenvalue weighted by molar-refractivity contribution is 0.0221. The van der Waals surface area contributed by atoms with Crippen molar-refractivity contribution >= 4 is 19.7 Å². The van der Waals surface area contributed by atoms with Crippen LogP contribution in [-0.4, -0.2) is 41.0 Å². The van der Waals surface area contributed by atoms with Gasteiger partial charge in [-0.2, -0.15) is 0 Å². The molecule has 0 unspecified atom stereocenters. The molecular weight excluding hydrogens is 217 g/mol. The van der Waals surface area contributed by atoms with Gasteiger partial charge in [-0.15, -0.1) is 0 Å². The topological polar surface area (TPSA) is 58.2 Å². The fraction of sp³-hybridized carbons (Fsp3) is 0.636. The summed E-state index contributed by atoms with van der Waals surface area (Å²) in [4.78, 5) is 21.2. The van der Waals surface area contributed by atoms with E-state index in [1.54, 1.807) is 4.90 Å². The van der Waals surface area contributed by atoms with E-state index in [1.807, 2.05) is 28.6 Å². The van der Waals surface area contributed by atoms with Gasteiger partial charge in [-0.25, -0.2) is 9.78 Å². The van der Waals surface area contributed by atoms with E-state index >= 15 is 0 Å². The van der Waals surface area contributed by atoms with Crippen molar-refractivity contribution in [2.45, 2.75) is 39.3 Å². The average molecular weight is 235 g/mol. The Kier molecular flexibility index (Phi) is 2.89. The molecule has 0 radical (unpaired) electrons. The van der Waals surface area contributed by atoms with Crippen molar-refractivity contribution in [2.24, 2.45) is 0 Å². The predicted molar refractivity (Wildman–Crippen MR) is 67.1 cm³/mol. The third-order valence-corrected chi connectivity index (χ3v) is 2.60. The summed E-state index contributed by atoms with van der Waals surface area (Å²) in [5, 5.41) is 0. The number of fused-ring (bicyclic) bond motifs is 1. The molecule has 2 rings (SSSR count). The molecule has 1 aliphatic rings. The van der Waals surface area contributed by atoms with Crippen LogP contribution in [0.2, 0.25) is 0 Å². The molecule has 5 nitrogen and oxygen atoms in total. The molecule has 1 amide bonds. The van der Waals surface area contributed by atoms with E-state index in [2.05, 4.69) is 9.97 Å². The van der Waals surface area contributed by atoms with Crippen LogP contribution in [0.25, 0.3) is 0 Å². The zero-order valence-corrected chi connectivity index (χ0v) is 10.8. The molecule has 0 saturated carbocycles. The van der Waals surface area contributed by atoms with Gasteiger partial charge in [0.25, 0.3) is 0 Å². The van der Waals surface area contributed by atoms with E-state index in [-0.39, 0.29) is 6.09 Å². The highest BCUT2D eigenvalue weighted by Crippen LogP contribution is 2.17. The van der Waals surface area contributed by atoms with Crippen LogP contribution in [0, 0.1) is 0 Å². The molecule has 92 valence electrons. The van der Waals surface area contributed by atoms with Crippen molar-refractivity contribution in [3.05, 3.63) is 11.4 Å². The number of amides is 1. The van der Waals surface area contributed by atoms with Crippen LogP contribution >= 0.6 is 0 Å². The minimum Gasteiger partial charge on any atom is -0.444 e. The van der Waals surface area contributed by atoms with E-state index in [4.69, 9.17) is 4.74 Å². The van der Waals surface area contributed by atoms with Crippen molar-refractivity contribution in [1.29, 1.82) is 0 Å². The molecule has 1 aliphatic heterocycles. The Morgan fingerprint density at radius 1 is 1.53 bits per heavy atom. The van der Waals surface area contributed by atoms with E-state index in [0.29, 0.717) is 13.1 Å². The van der Waals surface area contributed by atoms with Gasteiger partial charge >= 0.3 is 6.09 Å². The number of nitrogens with zero attached hydrogens (tertiary/aromatic N) is 2. The standard InChI is InChI=1S/C11H18BN3O2/c1-11(2,3)17-10(16)15-5-4-7-8(6-15)14-9(12)13-7/h4-6,12H2,1-3H3,(H,13,14). The average Bonchev–Trinajstić information content (AvgIpc) is 2.53. The number of H-pyrrole nitrogens is 1. The van der Waals surface area contributed by atoms with Gasteiger partial charge in [0.2, 0.25) is 0 Å². The third kappa shape index (κ3) is 2.81. The van der Waals surface area contributed by atoms with Gasteiger partial charge in [0.05, 0.1) is 23.7 Å². The SMILES string of the molecule is Bc1nc2c([nH]1)CN(C(=O)OC(C)(C)C)CC2. The highest BCUT2D eigenvalue weighted by Gasteiger charge is 2.26. The number of carbonyl (C=O) groups is 1. The number of aromatic nitrogens is 2. The molecule has 0 saturated heterocycles. The number of aromatic amines is 1. The maximum absolute atomic E-state index is 11.9. The molecule has 0 aromatic carbocycles. The Morgan fingerprint density at radius 3 is 2.88 bits per heavy atom. The second kappa shape index (κ2) is 4.09. The minimum absolute atomic E-state index is 0.254. The van der Waals surface area contributed by atoms with E-state index in [1.165, 1.54) is 0 Å². The summed E-state index contributed by atoms with van der Waals surface area (Å²) in [6, 6.07) is 0. The van der Waals surface area contributed by atoms with E-state index in [0.717, 1.165) is 23.5 Å². The van der Waals surface area contributed by atoms with Crippen LogP contribution in [0.15, 0.2) is 0 Å². The first-order valence-corrected chi connectivity index (χ1v) is 5.87. The van der Waals surface area contributed by atoms with Gasteiger partial charge in [-0.1, -0.05) is 0 Å². The molecule has 2 heterocycles. The van der Waals surface area contributed by atoms with E-state index in [9.17, 15) is 4.79 Å². The maximum Gasteiger partial charge on any atom is 0.410 e. The first kappa shape index (κ1) is 12.0. The minimum atomic E-state index is -0.443. The number of carbonyl (C=O) groups excluding carboxylic acids is 1. The lowest BCUT2D eigenvalue weighted by atomic mass is 10.1. The largest absolute Gasteiger partial charge is 0.444 e. The second-order valence-electron chi connectivity index (χ2n) is 5.40. The summed E-state index contributed by atoms with van der Waals surface area (Å²) >= 11 is 0. The van der Waals surface area contributed by atoms with Crippen molar-refractivity contribution < 1.29 is 9.53 Å². The molecule has 17 heavy (non-hydrogen) atoms. The molecule has 1 aromatic heterocycles. The van der Waals surface area contributed by atoms with Crippen LogP contribution in [-0.2, 0) is 17.7 Å². The smallest absolute Gasteiger partial charge is 0.410 e. The first-order valence-electron chi connectivity index (χ1n) is 5.87. The lowest BCUT2D eigenvalue weighted by Gasteiger charge is -2.29. The number of hydrogen-bond acceptors (Lipinski definition) is 3. The molecule has 1 N–H and O–H groups in total. The molecule has 1 aromatic rings. The number of hydrogen-bond donors (Lipinski definition) is 1. The van der Waals surface area contributed by atoms with Gasteiger partial charge in [-0.3, -0.25) is 0 Å². The molecule has 0 aliphatic carbocycles. The van der Waals surface area contributed by atoms with Crippen molar-refractivity contribution in [3.63, 3.8) is 0 Å². The lowest BCUT2D eigenvalue weighted by Crippen LogP contribution is -2.39. The Morgan fingerprint density at radius 2 is 2.24 bits per heavy atom. The second-order valence-corrected chi connectivity index (χ2v) is 5.40. The Bertz CT molecular complexity index is 436.